The average Bonchev–Trinajstić information content (AvgIpc) is 2.78. The molecule has 0 saturated carbocycles. The number of nitrogens with one attached hydrogen (secondary N) is 2. The first-order valence-corrected chi connectivity index (χ1v) is 6.00. The van der Waals surface area contributed by atoms with Crippen LogP contribution in [-0.2, 0) is 6.42 Å². The Morgan fingerprint density at radius 1 is 1.16 bits per heavy atom. The molecule has 0 spiro atoms. The van der Waals surface area contributed by atoms with E-state index in [2.05, 4.69) is 15.1 Å². The standard InChI is InChI=1S/C13H12N4O2/c1-2-9-10-11(14-13(19)15-12(10)18)17(16-9)8-6-4-3-5-7-8/h3-7H,2H2,1H3,(H2,14,15,18,19). The summed E-state index contributed by atoms with van der Waals surface area (Å²) in [4.78, 5) is 28.2. The van der Waals surface area contributed by atoms with Gasteiger partial charge in [0.15, 0.2) is 5.65 Å². The van der Waals surface area contributed by atoms with Crippen LogP contribution in [0.4, 0.5) is 0 Å². The second kappa shape index (κ2) is 4.24. The Balaban J connectivity index is 2.44. The number of H-pyrrole nitrogens is 2. The van der Waals surface area contributed by atoms with Crippen LogP contribution in [0.15, 0.2) is 39.9 Å². The second-order valence-corrected chi connectivity index (χ2v) is 4.18. The predicted molar refractivity (Wildman–Crippen MR) is 71.7 cm³/mol. The molecule has 3 rings (SSSR count). The van der Waals surface area contributed by atoms with Gasteiger partial charge in [-0.2, -0.15) is 5.10 Å². The zero-order chi connectivity index (χ0) is 13.4. The van der Waals surface area contributed by atoms with Crippen LogP contribution >= 0.6 is 0 Å². The number of aryl methyl sites for hydroxylation is 1. The Labute approximate surface area is 107 Å². The maximum Gasteiger partial charge on any atom is 0.327 e. The van der Waals surface area contributed by atoms with Gasteiger partial charge in [-0.15, -0.1) is 0 Å². The van der Waals surface area contributed by atoms with Gasteiger partial charge < -0.3 is 0 Å². The van der Waals surface area contributed by atoms with Gasteiger partial charge in [0.2, 0.25) is 0 Å². The molecule has 6 nitrogen and oxygen atoms in total. The summed E-state index contributed by atoms with van der Waals surface area (Å²) in [5, 5.41) is 4.84. The summed E-state index contributed by atoms with van der Waals surface area (Å²) in [5.74, 6) is 0. The molecule has 2 aromatic heterocycles. The summed E-state index contributed by atoms with van der Waals surface area (Å²) < 4.78 is 1.59. The van der Waals surface area contributed by atoms with E-state index in [4.69, 9.17) is 0 Å². The molecule has 2 heterocycles. The number of nitrogens with zero attached hydrogens (tertiary/aromatic N) is 2. The van der Waals surface area contributed by atoms with Gasteiger partial charge in [0, 0.05) is 0 Å². The number of rotatable bonds is 2. The normalized spacial score (nSPS) is 11.0. The van der Waals surface area contributed by atoms with Crippen LogP contribution in [0.3, 0.4) is 0 Å². The molecule has 0 aliphatic rings. The number of hydrogen-bond acceptors (Lipinski definition) is 3. The molecule has 0 saturated heterocycles. The van der Waals surface area contributed by atoms with Crippen molar-refractivity contribution >= 4 is 11.0 Å². The molecule has 0 amide bonds. The highest BCUT2D eigenvalue weighted by Crippen LogP contribution is 2.16. The van der Waals surface area contributed by atoms with Gasteiger partial charge >= 0.3 is 5.69 Å². The second-order valence-electron chi connectivity index (χ2n) is 4.18. The zero-order valence-corrected chi connectivity index (χ0v) is 10.3. The van der Waals surface area contributed by atoms with Crippen molar-refractivity contribution in [3.05, 3.63) is 56.9 Å². The number of aromatic amines is 2. The minimum atomic E-state index is -0.530. The number of aromatic nitrogens is 4. The summed E-state index contributed by atoms with van der Waals surface area (Å²) in [5.41, 5.74) is 0.955. The van der Waals surface area contributed by atoms with Crippen LogP contribution in [0, 0.1) is 0 Å². The SMILES string of the molecule is CCc1nn(-c2ccccc2)c2[nH]c(=O)[nH]c(=O)c12. The minimum absolute atomic E-state index is 0.405. The molecule has 19 heavy (non-hydrogen) atoms. The van der Waals surface area contributed by atoms with Crippen LogP contribution in [0.2, 0.25) is 0 Å². The number of hydrogen-bond donors (Lipinski definition) is 2. The maximum absolute atomic E-state index is 11.9. The molecule has 0 unspecified atom stereocenters. The van der Waals surface area contributed by atoms with E-state index >= 15 is 0 Å². The summed E-state index contributed by atoms with van der Waals surface area (Å²) in [6.45, 7) is 1.92. The van der Waals surface area contributed by atoms with Crippen LogP contribution in [0.5, 0.6) is 0 Å². The van der Waals surface area contributed by atoms with E-state index in [0.29, 0.717) is 23.1 Å². The van der Waals surface area contributed by atoms with Gasteiger partial charge in [-0.1, -0.05) is 25.1 Å². The minimum Gasteiger partial charge on any atom is -0.291 e. The van der Waals surface area contributed by atoms with Crippen molar-refractivity contribution in [2.24, 2.45) is 0 Å². The van der Waals surface area contributed by atoms with Crippen LogP contribution in [0.25, 0.3) is 16.7 Å². The first kappa shape index (κ1) is 11.5. The summed E-state index contributed by atoms with van der Waals surface area (Å²) >= 11 is 0. The molecule has 0 aliphatic carbocycles. The highest BCUT2D eigenvalue weighted by atomic mass is 16.2. The first-order chi connectivity index (χ1) is 9.20. The molecule has 2 N–H and O–H groups in total. The van der Waals surface area contributed by atoms with E-state index in [9.17, 15) is 9.59 Å². The van der Waals surface area contributed by atoms with Gasteiger partial charge in [-0.05, 0) is 18.6 Å². The third kappa shape index (κ3) is 1.77. The number of fused-ring (bicyclic) bond motifs is 1. The zero-order valence-electron chi connectivity index (χ0n) is 10.3. The average molecular weight is 256 g/mol. The highest BCUT2D eigenvalue weighted by molar-refractivity contribution is 5.78. The van der Waals surface area contributed by atoms with Gasteiger partial charge in [-0.3, -0.25) is 14.8 Å². The molecule has 0 bridgehead atoms. The van der Waals surface area contributed by atoms with Crippen molar-refractivity contribution in [1.82, 2.24) is 19.7 Å². The lowest BCUT2D eigenvalue weighted by Crippen LogP contribution is -2.22. The van der Waals surface area contributed by atoms with E-state index in [1.54, 1.807) is 4.68 Å². The van der Waals surface area contributed by atoms with E-state index in [-0.39, 0.29) is 0 Å². The van der Waals surface area contributed by atoms with Gasteiger partial charge in [0.25, 0.3) is 5.56 Å². The van der Waals surface area contributed by atoms with Crippen molar-refractivity contribution in [3.8, 4) is 5.69 Å². The fourth-order valence-electron chi connectivity index (χ4n) is 2.13. The Morgan fingerprint density at radius 3 is 2.58 bits per heavy atom. The molecule has 0 radical (unpaired) electrons. The molecule has 96 valence electrons. The van der Waals surface area contributed by atoms with Gasteiger partial charge in [0.05, 0.1) is 11.4 Å². The summed E-state index contributed by atoms with van der Waals surface area (Å²) in [6, 6.07) is 9.38. The van der Waals surface area contributed by atoms with Crippen molar-refractivity contribution in [3.63, 3.8) is 0 Å². The molecule has 0 fully saturated rings. The van der Waals surface area contributed by atoms with Gasteiger partial charge in [0.1, 0.15) is 5.39 Å². The molecule has 3 aromatic rings. The van der Waals surface area contributed by atoms with Crippen molar-refractivity contribution in [2.75, 3.05) is 0 Å². The van der Waals surface area contributed by atoms with Crippen molar-refractivity contribution < 1.29 is 0 Å². The maximum atomic E-state index is 11.9. The molecule has 6 heteroatoms. The van der Waals surface area contributed by atoms with E-state index < -0.39 is 11.2 Å². The Morgan fingerprint density at radius 2 is 1.89 bits per heavy atom. The van der Waals surface area contributed by atoms with Crippen molar-refractivity contribution in [2.45, 2.75) is 13.3 Å². The monoisotopic (exact) mass is 256 g/mol. The molecule has 0 atom stereocenters. The molecular formula is C13H12N4O2. The lowest BCUT2D eigenvalue weighted by molar-refractivity contribution is 0.851. The molecular weight excluding hydrogens is 244 g/mol. The topological polar surface area (TPSA) is 83.5 Å². The van der Waals surface area contributed by atoms with Crippen LogP contribution < -0.4 is 11.2 Å². The smallest absolute Gasteiger partial charge is 0.291 e. The predicted octanol–water partition coefficient (Wildman–Crippen LogP) is 0.964. The quantitative estimate of drug-likeness (QED) is 0.716. The molecule has 0 aliphatic heterocycles. The van der Waals surface area contributed by atoms with Crippen molar-refractivity contribution in [1.29, 1.82) is 0 Å². The van der Waals surface area contributed by atoms with E-state index in [1.807, 2.05) is 37.3 Å². The number of para-hydroxylation sites is 1. The fraction of sp³-hybridized carbons (Fsp3) is 0.154. The Bertz CT molecular complexity index is 842. The Hall–Kier alpha value is -2.63. The highest BCUT2D eigenvalue weighted by Gasteiger charge is 2.14. The lowest BCUT2D eigenvalue weighted by atomic mass is 10.2. The van der Waals surface area contributed by atoms with E-state index in [0.717, 1.165) is 5.69 Å². The van der Waals surface area contributed by atoms with E-state index in [1.165, 1.54) is 0 Å². The van der Waals surface area contributed by atoms with Gasteiger partial charge in [-0.25, -0.2) is 9.48 Å². The number of benzene rings is 1. The third-order valence-electron chi connectivity index (χ3n) is 2.98. The Kier molecular flexibility index (Phi) is 2.56. The first-order valence-electron chi connectivity index (χ1n) is 6.00. The summed E-state index contributed by atoms with van der Waals surface area (Å²) in [6.07, 6.45) is 0.617. The fourth-order valence-corrected chi connectivity index (χ4v) is 2.13. The lowest BCUT2D eigenvalue weighted by Gasteiger charge is -2.01. The van der Waals surface area contributed by atoms with Crippen LogP contribution in [-0.4, -0.2) is 19.7 Å². The van der Waals surface area contributed by atoms with Crippen LogP contribution in [0.1, 0.15) is 12.6 Å². The largest absolute Gasteiger partial charge is 0.327 e. The molecule has 1 aromatic carbocycles. The third-order valence-corrected chi connectivity index (χ3v) is 2.98. The summed E-state index contributed by atoms with van der Waals surface area (Å²) in [7, 11) is 0.